The lowest BCUT2D eigenvalue weighted by Gasteiger charge is -2.11. The number of nitrogens with one attached hydrogen (secondary N) is 1. The summed E-state index contributed by atoms with van der Waals surface area (Å²) in [5, 5.41) is 17.1. The molecule has 1 rings (SSSR count). The second-order valence-electron chi connectivity index (χ2n) is 3.75. The molecule has 0 aliphatic heterocycles. The van der Waals surface area contributed by atoms with Gasteiger partial charge in [0, 0.05) is 6.54 Å². The Bertz CT molecular complexity index is 298. The molecule has 1 heterocycles. The Hall–Kier alpha value is -0.940. The normalized spacial score (nSPS) is 13.1. The third-order valence-corrected chi connectivity index (χ3v) is 2.15. The van der Waals surface area contributed by atoms with Crippen LogP contribution in [0.15, 0.2) is 0 Å². The van der Waals surface area contributed by atoms with Crippen LogP contribution in [0.25, 0.3) is 0 Å². The highest BCUT2D eigenvalue weighted by Gasteiger charge is 2.08. The molecule has 86 valence electrons. The molecule has 5 heteroatoms. The molecule has 0 aromatic carbocycles. The molecule has 15 heavy (non-hydrogen) atoms. The second kappa shape index (κ2) is 5.82. The first-order valence-electron chi connectivity index (χ1n) is 5.40. The number of aliphatic hydroxyl groups excluding tert-OH is 1. The fourth-order valence-corrected chi connectivity index (χ4v) is 1.44. The van der Waals surface area contributed by atoms with Crippen LogP contribution in [0.5, 0.6) is 0 Å². The first-order valence-corrected chi connectivity index (χ1v) is 5.40. The molecule has 2 N–H and O–H groups in total. The average Bonchev–Trinajstić information content (AvgIpc) is 2.45. The minimum absolute atomic E-state index is 0.406. The van der Waals surface area contributed by atoms with Gasteiger partial charge in [0.1, 0.15) is 11.6 Å². The summed E-state index contributed by atoms with van der Waals surface area (Å²) in [5.74, 6) is 1.60. The molecular weight excluding hydrogens is 192 g/mol. The van der Waals surface area contributed by atoms with Gasteiger partial charge in [0.15, 0.2) is 0 Å². The zero-order valence-electron chi connectivity index (χ0n) is 9.69. The first-order chi connectivity index (χ1) is 7.13. The van der Waals surface area contributed by atoms with Gasteiger partial charge in [0.2, 0.25) is 0 Å². The summed E-state index contributed by atoms with van der Waals surface area (Å²) in [4.78, 5) is 4.18. The molecule has 0 bridgehead atoms. The van der Waals surface area contributed by atoms with Crippen molar-refractivity contribution in [3.63, 3.8) is 0 Å². The number of aryl methyl sites for hydroxylation is 2. The zero-order chi connectivity index (χ0) is 11.3. The summed E-state index contributed by atoms with van der Waals surface area (Å²) in [6.07, 6.45) is 0.671. The van der Waals surface area contributed by atoms with E-state index in [1.54, 1.807) is 4.68 Å². The summed E-state index contributed by atoms with van der Waals surface area (Å²) in [7, 11) is 0. The highest BCUT2D eigenvalue weighted by molar-refractivity contribution is 4.88. The van der Waals surface area contributed by atoms with Crippen LogP contribution in [-0.4, -0.2) is 39.1 Å². The Kier molecular flexibility index (Phi) is 4.71. The van der Waals surface area contributed by atoms with Crippen molar-refractivity contribution < 1.29 is 5.11 Å². The molecule has 0 amide bonds. The molecule has 1 atom stereocenters. The predicted molar refractivity (Wildman–Crippen MR) is 58.7 cm³/mol. The average molecular weight is 212 g/mol. The van der Waals surface area contributed by atoms with Gasteiger partial charge < -0.3 is 10.4 Å². The van der Waals surface area contributed by atoms with Gasteiger partial charge in [-0.3, -0.25) is 0 Å². The summed E-state index contributed by atoms with van der Waals surface area (Å²) in [5.41, 5.74) is 0. The molecule has 1 aromatic rings. The number of aliphatic hydroxyl groups is 1. The van der Waals surface area contributed by atoms with Crippen LogP contribution in [-0.2, 0) is 6.54 Å². The Morgan fingerprint density at radius 2 is 2.20 bits per heavy atom. The quantitative estimate of drug-likeness (QED) is 0.664. The van der Waals surface area contributed by atoms with E-state index < -0.39 is 6.10 Å². The molecule has 0 spiro atoms. The lowest BCUT2D eigenvalue weighted by atomic mass is 10.3. The minimum atomic E-state index is -0.406. The minimum Gasteiger partial charge on any atom is -0.390 e. The molecule has 0 radical (unpaired) electrons. The largest absolute Gasteiger partial charge is 0.390 e. The van der Waals surface area contributed by atoms with Crippen molar-refractivity contribution in [2.75, 3.05) is 13.1 Å². The van der Waals surface area contributed by atoms with E-state index in [2.05, 4.69) is 22.3 Å². The highest BCUT2D eigenvalue weighted by Crippen LogP contribution is 1.97. The molecular formula is C10H20N4O. The van der Waals surface area contributed by atoms with Crippen LogP contribution in [0.2, 0.25) is 0 Å². The number of nitrogens with zero attached hydrogens (tertiary/aromatic N) is 3. The molecule has 0 aliphatic rings. The number of aromatic nitrogens is 3. The van der Waals surface area contributed by atoms with Crippen molar-refractivity contribution in [2.24, 2.45) is 0 Å². The van der Waals surface area contributed by atoms with Crippen LogP contribution in [0, 0.1) is 13.8 Å². The van der Waals surface area contributed by atoms with E-state index in [4.69, 9.17) is 0 Å². The van der Waals surface area contributed by atoms with Gasteiger partial charge >= 0.3 is 0 Å². The number of hydrogen-bond acceptors (Lipinski definition) is 4. The van der Waals surface area contributed by atoms with Crippen LogP contribution in [0.3, 0.4) is 0 Å². The molecule has 1 unspecified atom stereocenters. The van der Waals surface area contributed by atoms with Crippen LogP contribution < -0.4 is 5.32 Å². The summed E-state index contributed by atoms with van der Waals surface area (Å²) in [6, 6.07) is 0. The van der Waals surface area contributed by atoms with Crippen LogP contribution in [0.1, 0.15) is 25.0 Å². The van der Waals surface area contributed by atoms with Crippen molar-refractivity contribution in [1.82, 2.24) is 20.1 Å². The van der Waals surface area contributed by atoms with Gasteiger partial charge in [-0.2, -0.15) is 5.10 Å². The standard InChI is InChI=1S/C10H20N4O/c1-4-5-11-6-10(15)7-14-9(3)12-8(2)13-14/h10-11,15H,4-7H2,1-3H3. The zero-order valence-corrected chi connectivity index (χ0v) is 9.69. The van der Waals surface area contributed by atoms with Gasteiger partial charge in [-0.05, 0) is 26.8 Å². The first kappa shape index (κ1) is 12.1. The van der Waals surface area contributed by atoms with Crippen molar-refractivity contribution in [3.8, 4) is 0 Å². The summed E-state index contributed by atoms with van der Waals surface area (Å²) < 4.78 is 1.74. The fourth-order valence-electron chi connectivity index (χ4n) is 1.44. The monoisotopic (exact) mass is 212 g/mol. The highest BCUT2D eigenvalue weighted by atomic mass is 16.3. The van der Waals surface area contributed by atoms with E-state index in [9.17, 15) is 5.11 Å². The Morgan fingerprint density at radius 3 is 2.73 bits per heavy atom. The molecule has 0 saturated heterocycles. The van der Waals surface area contributed by atoms with Crippen molar-refractivity contribution in [2.45, 2.75) is 39.8 Å². The smallest absolute Gasteiger partial charge is 0.147 e. The van der Waals surface area contributed by atoms with E-state index >= 15 is 0 Å². The lowest BCUT2D eigenvalue weighted by Crippen LogP contribution is -2.31. The molecule has 5 nitrogen and oxygen atoms in total. The fraction of sp³-hybridized carbons (Fsp3) is 0.800. The Morgan fingerprint density at radius 1 is 1.47 bits per heavy atom. The Balaban J connectivity index is 2.37. The molecule has 0 saturated carbocycles. The second-order valence-corrected chi connectivity index (χ2v) is 3.75. The van der Waals surface area contributed by atoms with Crippen molar-refractivity contribution in [1.29, 1.82) is 0 Å². The lowest BCUT2D eigenvalue weighted by molar-refractivity contribution is 0.146. The van der Waals surface area contributed by atoms with Crippen molar-refractivity contribution >= 4 is 0 Å². The van der Waals surface area contributed by atoms with E-state index in [0.29, 0.717) is 13.1 Å². The van der Waals surface area contributed by atoms with Crippen LogP contribution >= 0.6 is 0 Å². The van der Waals surface area contributed by atoms with E-state index in [1.807, 2.05) is 13.8 Å². The molecule has 0 aliphatic carbocycles. The molecule has 1 aromatic heterocycles. The SMILES string of the molecule is CCCNCC(O)Cn1nc(C)nc1C. The Labute approximate surface area is 90.5 Å². The van der Waals surface area contributed by atoms with E-state index in [0.717, 1.165) is 24.6 Å². The summed E-state index contributed by atoms with van der Waals surface area (Å²) >= 11 is 0. The van der Waals surface area contributed by atoms with E-state index in [1.165, 1.54) is 0 Å². The maximum atomic E-state index is 9.71. The third kappa shape index (κ3) is 3.97. The number of hydrogen-bond donors (Lipinski definition) is 2. The van der Waals surface area contributed by atoms with Gasteiger partial charge in [0.25, 0.3) is 0 Å². The van der Waals surface area contributed by atoms with Gasteiger partial charge in [-0.25, -0.2) is 9.67 Å². The van der Waals surface area contributed by atoms with Crippen LogP contribution in [0.4, 0.5) is 0 Å². The maximum Gasteiger partial charge on any atom is 0.147 e. The summed E-state index contributed by atoms with van der Waals surface area (Å²) in [6.45, 7) is 7.89. The van der Waals surface area contributed by atoms with Gasteiger partial charge in [-0.15, -0.1) is 0 Å². The van der Waals surface area contributed by atoms with Gasteiger partial charge in [-0.1, -0.05) is 6.92 Å². The number of rotatable bonds is 6. The van der Waals surface area contributed by atoms with Gasteiger partial charge in [0.05, 0.1) is 12.6 Å². The van der Waals surface area contributed by atoms with E-state index in [-0.39, 0.29) is 0 Å². The third-order valence-electron chi connectivity index (χ3n) is 2.15. The predicted octanol–water partition coefficient (Wildman–Crippen LogP) is 0.255. The topological polar surface area (TPSA) is 63.0 Å². The maximum absolute atomic E-state index is 9.71. The molecule has 0 fully saturated rings. The van der Waals surface area contributed by atoms with Crippen molar-refractivity contribution in [3.05, 3.63) is 11.6 Å².